The molecule has 0 radical (unpaired) electrons. The number of nitrogens with zero attached hydrogens (tertiary/aromatic N) is 2. The minimum absolute atomic E-state index is 0.538. The van der Waals surface area contributed by atoms with E-state index in [4.69, 9.17) is 9.47 Å². The van der Waals surface area contributed by atoms with Gasteiger partial charge in [-0.1, -0.05) is 17.7 Å². The van der Waals surface area contributed by atoms with Gasteiger partial charge in [-0.2, -0.15) is 4.98 Å². The summed E-state index contributed by atoms with van der Waals surface area (Å²) in [5.41, 5.74) is 5.44. The summed E-state index contributed by atoms with van der Waals surface area (Å²) >= 11 is 0. The Labute approximate surface area is 159 Å². The zero-order chi connectivity index (χ0) is 19.4. The molecule has 1 heterocycles. The maximum Gasteiger partial charge on any atom is 0.229 e. The van der Waals surface area contributed by atoms with Gasteiger partial charge >= 0.3 is 0 Å². The van der Waals surface area contributed by atoms with Crippen LogP contribution in [0.5, 0.6) is 11.5 Å². The van der Waals surface area contributed by atoms with Crippen molar-refractivity contribution in [2.45, 2.75) is 20.8 Å². The van der Waals surface area contributed by atoms with E-state index in [1.54, 1.807) is 20.4 Å². The van der Waals surface area contributed by atoms with E-state index in [9.17, 15) is 0 Å². The van der Waals surface area contributed by atoms with Gasteiger partial charge in [0.2, 0.25) is 5.95 Å². The quantitative estimate of drug-likeness (QED) is 0.648. The zero-order valence-corrected chi connectivity index (χ0v) is 16.3. The Bertz CT molecular complexity index is 934. The third kappa shape index (κ3) is 4.28. The van der Waals surface area contributed by atoms with Crippen LogP contribution in [0.3, 0.4) is 0 Å². The van der Waals surface area contributed by atoms with E-state index in [1.807, 2.05) is 24.3 Å². The summed E-state index contributed by atoms with van der Waals surface area (Å²) in [6.07, 6.45) is 1.72. The summed E-state index contributed by atoms with van der Waals surface area (Å²) in [6, 6.07) is 11.7. The van der Waals surface area contributed by atoms with Gasteiger partial charge in [0.25, 0.3) is 0 Å². The summed E-state index contributed by atoms with van der Waals surface area (Å²) in [4.78, 5) is 8.90. The van der Waals surface area contributed by atoms with E-state index >= 15 is 0 Å². The Balaban J connectivity index is 1.82. The smallest absolute Gasteiger partial charge is 0.229 e. The molecule has 0 aliphatic heterocycles. The molecule has 0 fully saturated rings. The highest BCUT2D eigenvalue weighted by molar-refractivity contribution is 5.66. The number of methoxy groups -OCH3 is 2. The van der Waals surface area contributed by atoms with E-state index in [0.29, 0.717) is 23.3 Å². The number of aromatic nitrogens is 2. The average Bonchev–Trinajstić information content (AvgIpc) is 2.65. The molecule has 1 aromatic heterocycles. The Morgan fingerprint density at radius 1 is 0.815 bits per heavy atom. The summed E-state index contributed by atoms with van der Waals surface area (Å²) in [6.45, 7) is 6.25. The second-order valence-corrected chi connectivity index (χ2v) is 6.36. The molecule has 2 aromatic carbocycles. The van der Waals surface area contributed by atoms with Crippen molar-refractivity contribution in [3.8, 4) is 11.5 Å². The fraction of sp³-hybridized carbons (Fsp3) is 0.238. The molecule has 0 aliphatic carbocycles. The number of hydrogen-bond donors (Lipinski definition) is 2. The first-order valence-corrected chi connectivity index (χ1v) is 8.67. The van der Waals surface area contributed by atoms with Gasteiger partial charge in [0.1, 0.15) is 5.82 Å². The lowest BCUT2D eigenvalue weighted by molar-refractivity contribution is 0.355. The van der Waals surface area contributed by atoms with Crippen molar-refractivity contribution in [3.63, 3.8) is 0 Å². The van der Waals surface area contributed by atoms with Crippen LogP contribution in [0.1, 0.15) is 16.7 Å². The molecule has 0 saturated heterocycles. The van der Waals surface area contributed by atoms with E-state index in [2.05, 4.69) is 53.5 Å². The Morgan fingerprint density at radius 3 is 2.19 bits per heavy atom. The maximum atomic E-state index is 5.34. The summed E-state index contributed by atoms with van der Waals surface area (Å²) in [5, 5.41) is 6.60. The molecule has 0 aliphatic rings. The van der Waals surface area contributed by atoms with E-state index in [-0.39, 0.29) is 0 Å². The van der Waals surface area contributed by atoms with Crippen LogP contribution in [-0.4, -0.2) is 24.2 Å². The van der Waals surface area contributed by atoms with Gasteiger partial charge < -0.3 is 20.1 Å². The lowest BCUT2D eigenvalue weighted by Gasteiger charge is -2.14. The van der Waals surface area contributed by atoms with Gasteiger partial charge in [0.15, 0.2) is 11.5 Å². The molecule has 3 aromatic rings. The molecule has 140 valence electrons. The third-order valence-electron chi connectivity index (χ3n) is 4.23. The summed E-state index contributed by atoms with van der Waals surface area (Å²) in [7, 11) is 3.23. The average molecular weight is 364 g/mol. The van der Waals surface area contributed by atoms with Crippen LogP contribution in [0.15, 0.2) is 42.6 Å². The Hall–Kier alpha value is -3.28. The number of nitrogens with one attached hydrogen (secondary N) is 2. The van der Waals surface area contributed by atoms with Crippen molar-refractivity contribution in [3.05, 3.63) is 59.3 Å². The second-order valence-electron chi connectivity index (χ2n) is 6.36. The van der Waals surface area contributed by atoms with Gasteiger partial charge in [-0.15, -0.1) is 0 Å². The molecule has 0 atom stereocenters. The first-order chi connectivity index (χ1) is 13.0. The minimum Gasteiger partial charge on any atom is -0.493 e. The predicted molar refractivity (Wildman–Crippen MR) is 109 cm³/mol. The van der Waals surface area contributed by atoms with Crippen molar-refractivity contribution in [1.29, 1.82) is 0 Å². The van der Waals surface area contributed by atoms with Crippen molar-refractivity contribution in [2.24, 2.45) is 0 Å². The number of hydrogen-bond acceptors (Lipinski definition) is 6. The van der Waals surface area contributed by atoms with Crippen molar-refractivity contribution in [1.82, 2.24) is 9.97 Å². The number of aryl methyl sites for hydroxylation is 3. The molecule has 2 N–H and O–H groups in total. The van der Waals surface area contributed by atoms with Crippen LogP contribution >= 0.6 is 0 Å². The first kappa shape index (κ1) is 18.5. The molecule has 3 rings (SSSR count). The van der Waals surface area contributed by atoms with Crippen molar-refractivity contribution >= 4 is 23.1 Å². The van der Waals surface area contributed by atoms with E-state index < -0.39 is 0 Å². The first-order valence-electron chi connectivity index (χ1n) is 8.67. The molecular formula is C21H24N4O2. The highest BCUT2D eigenvalue weighted by Gasteiger charge is 2.08. The molecule has 6 nitrogen and oxygen atoms in total. The Kier molecular flexibility index (Phi) is 5.45. The lowest BCUT2D eigenvalue weighted by atomic mass is 10.1. The minimum atomic E-state index is 0.538. The van der Waals surface area contributed by atoms with Crippen molar-refractivity contribution in [2.75, 3.05) is 24.9 Å². The largest absolute Gasteiger partial charge is 0.493 e. The van der Waals surface area contributed by atoms with Crippen LogP contribution in [0.25, 0.3) is 0 Å². The van der Waals surface area contributed by atoms with Gasteiger partial charge in [-0.3, -0.25) is 0 Å². The SMILES string of the molecule is COc1ccc(Nc2ccnc(Nc3c(C)cc(C)cc3C)n2)cc1OC. The third-order valence-corrected chi connectivity index (χ3v) is 4.23. The Morgan fingerprint density at radius 2 is 1.52 bits per heavy atom. The van der Waals surface area contributed by atoms with Crippen LogP contribution in [0.2, 0.25) is 0 Å². The van der Waals surface area contributed by atoms with Gasteiger partial charge in [-0.25, -0.2) is 4.98 Å². The number of ether oxygens (including phenoxy) is 2. The monoisotopic (exact) mass is 364 g/mol. The number of rotatable bonds is 6. The van der Waals surface area contributed by atoms with Crippen molar-refractivity contribution < 1.29 is 9.47 Å². The number of benzene rings is 2. The van der Waals surface area contributed by atoms with Crippen LogP contribution in [0, 0.1) is 20.8 Å². The molecule has 0 saturated carbocycles. The standard InChI is InChI=1S/C21H24N4O2/c1-13-10-14(2)20(15(3)11-13)25-21-22-9-8-19(24-21)23-16-6-7-17(26-4)18(12-16)27-5/h6-12H,1-5H3,(H2,22,23,24,25). The van der Waals surface area contributed by atoms with Crippen LogP contribution in [0.4, 0.5) is 23.1 Å². The van der Waals surface area contributed by atoms with E-state index in [0.717, 1.165) is 22.5 Å². The zero-order valence-electron chi connectivity index (χ0n) is 16.3. The predicted octanol–water partition coefficient (Wildman–Crippen LogP) is 4.91. The molecule has 27 heavy (non-hydrogen) atoms. The van der Waals surface area contributed by atoms with Crippen LogP contribution < -0.4 is 20.1 Å². The van der Waals surface area contributed by atoms with Gasteiger partial charge in [0.05, 0.1) is 14.2 Å². The molecule has 0 spiro atoms. The fourth-order valence-electron chi connectivity index (χ4n) is 3.04. The van der Waals surface area contributed by atoms with Crippen LogP contribution in [-0.2, 0) is 0 Å². The molecular weight excluding hydrogens is 340 g/mol. The molecule has 6 heteroatoms. The highest BCUT2D eigenvalue weighted by atomic mass is 16.5. The second kappa shape index (κ2) is 7.95. The van der Waals surface area contributed by atoms with E-state index in [1.165, 1.54) is 5.56 Å². The fourth-order valence-corrected chi connectivity index (χ4v) is 3.04. The normalized spacial score (nSPS) is 10.4. The topological polar surface area (TPSA) is 68.3 Å². The summed E-state index contributed by atoms with van der Waals surface area (Å²) in [5.74, 6) is 2.55. The summed E-state index contributed by atoms with van der Waals surface area (Å²) < 4.78 is 10.6. The highest BCUT2D eigenvalue weighted by Crippen LogP contribution is 2.31. The van der Waals surface area contributed by atoms with Gasteiger partial charge in [-0.05, 0) is 50.1 Å². The molecule has 0 unspecified atom stereocenters. The maximum absolute atomic E-state index is 5.34. The number of anilines is 4. The molecule has 0 amide bonds. The lowest BCUT2D eigenvalue weighted by Crippen LogP contribution is -2.03. The van der Waals surface area contributed by atoms with Gasteiger partial charge in [0, 0.05) is 23.6 Å². The molecule has 0 bridgehead atoms.